The van der Waals surface area contributed by atoms with Gasteiger partial charge in [-0.25, -0.2) is 4.98 Å². The average Bonchev–Trinajstić information content (AvgIpc) is 2.81. The third-order valence-electron chi connectivity index (χ3n) is 2.92. The summed E-state index contributed by atoms with van der Waals surface area (Å²) in [6, 6.07) is 0. The molecule has 20 heavy (non-hydrogen) atoms. The Kier molecular flexibility index (Phi) is 5.47. The Balaban J connectivity index is 3.23. The van der Waals surface area contributed by atoms with Gasteiger partial charge in [-0.1, -0.05) is 0 Å². The van der Waals surface area contributed by atoms with Gasteiger partial charge in [-0.3, -0.25) is 9.36 Å². The van der Waals surface area contributed by atoms with E-state index < -0.39 is 5.72 Å². The van der Waals surface area contributed by atoms with Crippen molar-refractivity contribution < 1.29 is 14.3 Å². The van der Waals surface area contributed by atoms with Crippen molar-refractivity contribution in [3.63, 3.8) is 0 Å². The third kappa shape index (κ3) is 3.68. The molecule has 1 aromatic rings. The summed E-state index contributed by atoms with van der Waals surface area (Å²) in [7, 11) is 6.90. The summed E-state index contributed by atoms with van der Waals surface area (Å²) in [5.41, 5.74) is -0.205. The van der Waals surface area contributed by atoms with E-state index in [4.69, 9.17) is 9.47 Å². The van der Waals surface area contributed by atoms with Gasteiger partial charge < -0.3 is 14.4 Å². The number of nitrogens with zero attached hydrogens (tertiary/aromatic N) is 3. The summed E-state index contributed by atoms with van der Waals surface area (Å²) < 4.78 is 12.4. The molecule has 0 aliphatic heterocycles. The number of hydrogen-bond donors (Lipinski definition) is 0. The Hall–Kier alpha value is -1.66. The van der Waals surface area contributed by atoms with E-state index in [1.165, 1.54) is 6.08 Å². The number of ether oxygens (including phenoxy) is 2. The third-order valence-corrected chi connectivity index (χ3v) is 2.92. The predicted octanol–water partition coefficient (Wildman–Crippen LogP) is 1.63. The Bertz CT molecular complexity index is 490. The molecular weight excluding hydrogens is 258 g/mol. The van der Waals surface area contributed by atoms with Crippen molar-refractivity contribution in [1.82, 2.24) is 14.5 Å². The van der Waals surface area contributed by atoms with Crippen LogP contribution < -0.4 is 0 Å². The first-order valence-corrected chi connectivity index (χ1v) is 6.33. The quantitative estimate of drug-likeness (QED) is 0.561. The highest BCUT2D eigenvalue weighted by Gasteiger charge is 2.27. The van der Waals surface area contributed by atoms with Crippen molar-refractivity contribution in [1.29, 1.82) is 0 Å². The van der Waals surface area contributed by atoms with E-state index in [2.05, 4.69) is 4.98 Å². The Morgan fingerprint density at radius 1 is 1.45 bits per heavy atom. The molecule has 0 unspecified atom stereocenters. The summed E-state index contributed by atoms with van der Waals surface area (Å²) in [5, 5.41) is 0. The summed E-state index contributed by atoms with van der Waals surface area (Å²) in [6.07, 6.45) is 4.77. The van der Waals surface area contributed by atoms with Crippen LogP contribution >= 0.6 is 0 Å². The van der Waals surface area contributed by atoms with E-state index >= 15 is 0 Å². The molecule has 0 radical (unpaired) electrons. The molecule has 112 valence electrons. The molecule has 6 heteroatoms. The second-order valence-electron chi connectivity index (χ2n) is 5.12. The highest BCUT2D eigenvalue weighted by atomic mass is 16.5. The maximum Gasteiger partial charge on any atom is 0.205 e. The first-order chi connectivity index (χ1) is 9.33. The molecule has 1 aromatic heterocycles. The first-order valence-electron chi connectivity index (χ1n) is 6.33. The fourth-order valence-electron chi connectivity index (χ4n) is 1.79. The summed E-state index contributed by atoms with van der Waals surface area (Å²) in [6.45, 7) is 4.07. The van der Waals surface area contributed by atoms with Gasteiger partial charge in [0, 0.05) is 40.6 Å². The minimum atomic E-state index is -0.679. The average molecular weight is 281 g/mol. The zero-order chi connectivity index (χ0) is 15.3. The van der Waals surface area contributed by atoms with Gasteiger partial charge in [0.1, 0.15) is 23.9 Å². The monoisotopic (exact) mass is 281 g/mol. The van der Waals surface area contributed by atoms with Gasteiger partial charge in [0.05, 0.1) is 6.20 Å². The maximum atomic E-state index is 12.3. The minimum Gasteiger partial charge on any atom is -0.383 e. The van der Waals surface area contributed by atoms with E-state index in [0.29, 0.717) is 18.1 Å². The number of aromatic nitrogens is 2. The van der Waals surface area contributed by atoms with Crippen molar-refractivity contribution in [3.8, 4) is 0 Å². The van der Waals surface area contributed by atoms with Crippen LogP contribution in [0.3, 0.4) is 0 Å². The van der Waals surface area contributed by atoms with E-state index in [0.717, 1.165) is 0 Å². The normalized spacial score (nSPS) is 12.1. The SMILES string of the molecule is COCc1ncc(C(=O)C=CN(C)C)n1C(C)(C)OC. The van der Waals surface area contributed by atoms with Gasteiger partial charge in [-0.15, -0.1) is 0 Å². The number of imidazole rings is 1. The first kappa shape index (κ1) is 16.4. The molecule has 0 N–H and O–H groups in total. The molecule has 6 nitrogen and oxygen atoms in total. The summed E-state index contributed by atoms with van der Waals surface area (Å²) in [4.78, 5) is 18.3. The van der Waals surface area contributed by atoms with Gasteiger partial charge in [0.2, 0.25) is 5.78 Å². The lowest BCUT2D eigenvalue weighted by Crippen LogP contribution is -2.32. The van der Waals surface area contributed by atoms with Gasteiger partial charge in [0.15, 0.2) is 0 Å². The smallest absolute Gasteiger partial charge is 0.205 e. The lowest BCUT2D eigenvalue weighted by Gasteiger charge is -2.28. The van der Waals surface area contributed by atoms with Crippen LogP contribution in [0, 0.1) is 0 Å². The Morgan fingerprint density at radius 2 is 2.10 bits per heavy atom. The number of carbonyl (C=O) groups excluding carboxylic acids is 1. The molecule has 0 saturated heterocycles. The summed E-state index contributed by atoms with van der Waals surface area (Å²) >= 11 is 0. The number of hydrogen-bond acceptors (Lipinski definition) is 5. The predicted molar refractivity (Wildman–Crippen MR) is 76.4 cm³/mol. The van der Waals surface area contributed by atoms with E-state index in [1.54, 1.807) is 36.1 Å². The molecule has 0 saturated carbocycles. The molecule has 0 aliphatic rings. The van der Waals surface area contributed by atoms with Gasteiger partial charge in [0.25, 0.3) is 0 Å². The van der Waals surface area contributed by atoms with Gasteiger partial charge in [-0.2, -0.15) is 0 Å². The minimum absolute atomic E-state index is 0.126. The topological polar surface area (TPSA) is 56.6 Å². The lowest BCUT2D eigenvalue weighted by molar-refractivity contribution is -0.0509. The highest BCUT2D eigenvalue weighted by molar-refractivity contribution is 6.03. The van der Waals surface area contributed by atoms with Crippen LogP contribution in [0.2, 0.25) is 0 Å². The Labute approximate surface area is 120 Å². The standard InChI is InChI=1S/C14H23N3O3/c1-14(2,20-6)17-11(9-15-13(17)10-19-5)12(18)7-8-16(3)4/h7-9H,10H2,1-6H3. The number of carbonyl (C=O) groups is 1. The molecule has 1 heterocycles. The second-order valence-corrected chi connectivity index (χ2v) is 5.12. The molecule has 0 spiro atoms. The van der Waals surface area contributed by atoms with Gasteiger partial charge in [-0.05, 0) is 13.8 Å². The lowest BCUT2D eigenvalue weighted by atomic mass is 10.2. The highest BCUT2D eigenvalue weighted by Crippen LogP contribution is 2.22. The zero-order valence-corrected chi connectivity index (χ0v) is 13.0. The fourth-order valence-corrected chi connectivity index (χ4v) is 1.79. The molecule has 0 atom stereocenters. The van der Waals surface area contributed by atoms with Crippen molar-refractivity contribution in [2.24, 2.45) is 0 Å². The van der Waals surface area contributed by atoms with Crippen molar-refractivity contribution in [3.05, 3.63) is 30.0 Å². The molecular formula is C14H23N3O3. The van der Waals surface area contributed by atoms with Crippen LogP contribution in [0.4, 0.5) is 0 Å². The molecule has 1 rings (SSSR count). The number of ketones is 1. The van der Waals surface area contributed by atoms with E-state index in [-0.39, 0.29) is 5.78 Å². The van der Waals surface area contributed by atoms with Crippen molar-refractivity contribution >= 4 is 5.78 Å². The zero-order valence-electron chi connectivity index (χ0n) is 13.0. The van der Waals surface area contributed by atoms with Crippen molar-refractivity contribution in [2.45, 2.75) is 26.2 Å². The molecule has 0 amide bonds. The van der Waals surface area contributed by atoms with E-state index in [1.807, 2.05) is 27.9 Å². The second kappa shape index (κ2) is 6.67. The van der Waals surface area contributed by atoms with Crippen LogP contribution in [0.5, 0.6) is 0 Å². The largest absolute Gasteiger partial charge is 0.383 e. The van der Waals surface area contributed by atoms with Crippen LogP contribution in [-0.2, 0) is 21.8 Å². The molecule has 0 fully saturated rings. The van der Waals surface area contributed by atoms with Crippen LogP contribution in [0.1, 0.15) is 30.2 Å². The fraction of sp³-hybridized carbons (Fsp3) is 0.571. The number of methoxy groups -OCH3 is 2. The van der Waals surface area contributed by atoms with Gasteiger partial charge >= 0.3 is 0 Å². The summed E-state index contributed by atoms with van der Waals surface area (Å²) in [5.74, 6) is 0.527. The van der Waals surface area contributed by atoms with Crippen molar-refractivity contribution in [2.75, 3.05) is 28.3 Å². The van der Waals surface area contributed by atoms with Crippen LogP contribution in [0.25, 0.3) is 0 Å². The van der Waals surface area contributed by atoms with Crippen LogP contribution in [-0.4, -0.2) is 48.5 Å². The maximum absolute atomic E-state index is 12.3. The molecule has 0 aromatic carbocycles. The van der Waals surface area contributed by atoms with Crippen LogP contribution in [0.15, 0.2) is 18.5 Å². The number of rotatable bonds is 7. The molecule has 0 bridgehead atoms. The number of allylic oxidation sites excluding steroid dienone is 1. The van der Waals surface area contributed by atoms with E-state index in [9.17, 15) is 4.79 Å². The molecule has 0 aliphatic carbocycles. The Morgan fingerprint density at radius 3 is 2.60 bits per heavy atom.